The van der Waals surface area contributed by atoms with Crippen LogP contribution < -0.4 is 5.73 Å². The van der Waals surface area contributed by atoms with E-state index in [2.05, 4.69) is 21.9 Å². The molecule has 0 radical (unpaired) electrons. The maximum atomic E-state index is 13.2. The minimum atomic E-state index is -3.39. The molecule has 162 valence electrons. The molecule has 11 heteroatoms. The van der Waals surface area contributed by atoms with E-state index >= 15 is 0 Å². The molecule has 2 N–H and O–H groups in total. The summed E-state index contributed by atoms with van der Waals surface area (Å²) in [5, 5.41) is 0.212. The molecule has 0 bridgehead atoms. The van der Waals surface area contributed by atoms with Gasteiger partial charge in [0.1, 0.15) is 11.9 Å². The quantitative estimate of drug-likeness (QED) is 0.426. The third-order valence-corrected chi connectivity index (χ3v) is 6.99. The number of hydrogen-bond donors (Lipinski definition) is 1. The molecule has 0 aliphatic heterocycles. The Balaban J connectivity index is 1.81. The number of imidazole rings is 1. The third kappa shape index (κ3) is 5.09. The van der Waals surface area contributed by atoms with Crippen LogP contribution in [0.25, 0.3) is 11.2 Å². The Morgan fingerprint density at radius 3 is 2.52 bits per heavy atom. The first-order valence-electron chi connectivity index (χ1n) is 9.81. The van der Waals surface area contributed by atoms with Crippen LogP contribution in [-0.2, 0) is 24.9 Å². The lowest BCUT2D eigenvalue weighted by Gasteiger charge is -2.26. The molecule has 1 fully saturated rings. The van der Waals surface area contributed by atoms with E-state index in [1.165, 1.54) is 0 Å². The average Bonchev–Trinajstić information content (AvgIpc) is 3.15. The second kappa shape index (κ2) is 8.47. The van der Waals surface area contributed by atoms with Crippen LogP contribution in [0.5, 0.6) is 0 Å². The van der Waals surface area contributed by atoms with Crippen LogP contribution in [0.15, 0.2) is 6.33 Å². The van der Waals surface area contributed by atoms with Gasteiger partial charge in [-0.15, -0.1) is 0 Å². The van der Waals surface area contributed by atoms with Crippen molar-refractivity contribution in [3.63, 3.8) is 0 Å². The number of anilines is 1. The van der Waals surface area contributed by atoms with Crippen LogP contribution in [0, 0.1) is 5.92 Å². The summed E-state index contributed by atoms with van der Waals surface area (Å²) in [4.78, 5) is 12.5. The zero-order valence-electron chi connectivity index (χ0n) is 17.5. The van der Waals surface area contributed by atoms with Gasteiger partial charge in [0.05, 0.1) is 30.7 Å². The van der Waals surface area contributed by atoms with Crippen molar-refractivity contribution < 1.29 is 18.3 Å². The maximum absolute atomic E-state index is 13.2. The number of rotatable bonds is 10. The summed E-state index contributed by atoms with van der Waals surface area (Å²) in [6.07, 6.45) is 2.84. The Bertz CT molecular complexity index is 907. The predicted octanol–water partition coefficient (Wildman–Crippen LogP) is 4.25. The van der Waals surface area contributed by atoms with Crippen LogP contribution in [0.4, 0.5) is 5.95 Å². The lowest BCUT2D eigenvalue weighted by molar-refractivity contribution is 0.0164. The number of nitrogens with zero attached hydrogens (tertiary/aromatic N) is 4. The molecule has 2 unspecified atom stereocenters. The first-order valence-corrected chi connectivity index (χ1v) is 11.9. The van der Waals surface area contributed by atoms with Gasteiger partial charge in [0, 0.05) is 0 Å². The predicted molar refractivity (Wildman–Crippen MR) is 112 cm³/mol. The van der Waals surface area contributed by atoms with Gasteiger partial charge in [0.15, 0.2) is 10.8 Å². The van der Waals surface area contributed by atoms with E-state index in [-0.39, 0.29) is 29.7 Å². The first-order chi connectivity index (χ1) is 13.6. The molecule has 2 heterocycles. The highest BCUT2D eigenvalue weighted by Crippen LogP contribution is 2.56. The van der Waals surface area contributed by atoms with E-state index in [1.807, 2.05) is 32.3 Å². The number of nitrogen functional groups attached to an aromatic ring is 1. The van der Waals surface area contributed by atoms with E-state index in [1.54, 1.807) is 6.33 Å². The standard InChI is InChI=1S/C18H29ClN5O4P/c1-6-13-7-18(13,26-10-29(25,27-11(2)3)28-12(4)5)8-24-9-21-14-15(19)22-17(20)23-16(14)24/h9,11-13H,6-8,10H2,1-5H3,(H2,20,22,23). The smallest absolute Gasteiger partial charge is 0.356 e. The molecule has 3 rings (SSSR count). The molecule has 0 saturated heterocycles. The minimum Gasteiger partial charge on any atom is -0.368 e. The fourth-order valence-corrected chi connectivity index (χ4v) is 5.65. The van der Waals surface area contributed by atoms with E-state index < -0.39 is 13.2 Å². The first kappa shape index (κ1) is 22.4. The SMILES string of the molecule is CCC1CC1(Cn1cnc2c(Cl)nc(N)nc21)OCP(=O)(OC(C)C)OC(C)C. The Kier molecular flexibility index (Phi) is 6.56. The van der Waals surface area contributed by atoms with Crippen molar-refractivity contribution in [1.82, 2.24) is 19.5 Å². The molecule has 2 atom stereocenters. The lowest BCUT2D eigenvalue weighted by atomic mass is 10.2. The van der Waals surface area contributed by atoms with Gasteiger partial charge >= 0.3 is 7.60 Å². The van der Waals surface area contributed by atoms with Crippen molar-refractivity contribution >= 4 is 36.3 Å². The topological polar surface area (TPSA) is 114 Å². The molecule has 1 aliphatic carbocycles. The molecule has 2 aromatic rings. The van der Waals surface area contributed by atoms with Crippen LogP contribution in [0.2, 0.25) is 5.15 Å². The van der Waals surface area contributed by atoms with Crippen LogP contribution >= 0.6 is 19.2 Å². The van der Waals surface area contributed by atoms with Gasteiger partial charge in [-0.2, -0.15) is 9.97 Å². The Morgan fingerprint density at radius 1 is 1.31 bits per heavy atom. The van der Waals surface area contributed by atoms with Crippen molar-refractivity contribution in [1.29, 1.82) is 0 Å². The number of nitrogens with two attached hydrogens (primary N) is 1. The summed E-state index contributed by atoms with van der Waals surface area (Å²) in [5.41, 5.74) is 6.29. The van der Waals surface area contributed by atoms with Gasteiger partial charge in [0.25, 0.3) is 0 Å². The summed E-state index contributed by atoms with van der Waals surface area (Å²) in [5.74, 6) is 0.406. The van der Waals surface area contributed by atoms with Gasteiger partial charge in [-0.25, -0.2) is 4.98 Å². The van der Waals surface area contributed by atoms with Gasteiger partial charge in [-0.3, -0.25) is 4.57 Å². The molecule has 0 amide bonds. The van der Waals surface area contributed by atoms with E-state index in [4.69, 9.17) is 31.1 Å². The molecular formula is C18H29ClN5O4P. The zero-order chi connectivity index (χ0) is 21.4. The fourth-order valence-electron chi connectivity index (χ4n) is 3.56. The van der Waals surface area contributed by atoms with Gasteiger partial charge < -0.3 is 24.1 Å². The second-order valence-electron chi connectivity index (χ2n) is 7.98. The van der Waals surface area contributed by atoms with Gasteiger partial charge in [-0.05, 0) is 40.0 Å². The number of halogens is 1. The maximum Gasteiger partial charge on any atom is 0.356 e. The van der Waals surface area contributed by atoms with Gasteiger partial charge in [-0.1, -0.05) is 24.9 Å². The van der Waals surface area contributed by atoms with E-state index in [0.29, 0.717) is 23.6 Å². The van der Waals surface area contributed by atoms with Crippen molar-refractivity contribution in [3.05, 3.63) is 11.5 Å². The van der Waals surface area contributed by atoms with Crippen LogP contribution in [0.1, 0.15) is 47.5 Å². The summed E-state index contributed by atoms with van der Waals surface area (Å²) < 4.78 is 32.5. The third-order valence-electron chi connectivity index (χ3n) is 4.80. The molecule has 0 spiro atoms. The summed E-state index contributed by atoms with van der Waals surface area (Å²) in [6, 6.07) is 0. The highest BCUT2D eigenvalue weighted by atomic mass is 35.5. The largest absolute Gasteiger partial charge is 0.368 e. The fraction of sp³-hybridized carbons (Fsp3) is 0.722. The van der Waals surface area contributed by atoms with E-state index in [0.717, 1.165) is 12.8 Å². The lowest BCUT2D eigenvalue weighted by Crippen LogP contribution is -2.26. The van der Waals surface area contributed by atoms with Crippen molar-refractivity contribution in [2.75, 3.05) is 12.1 Å². The molecule has 1 saturated carbocycles. The molecule has 2 aromatic heterocycles. The molecule has 29 heavy (non-hydrogen) atoms. The Hall–Kier alpha value is -1.25. The molecule has 0 aromatic carbocycles. The number of fused-ring (bicyclic) bond motifs is 1. The van der Waals surface area contributed by atoms with Crippen LogP contribution in [0.3, 0.4) is 0 Å². The molecule has 9 nitrogen and oxygen atoms in total. The summed E-state index contributed by atoms with van der Waals surface area (Å²) >= 11 is 6.13. The monoisotopic (exact) mass is 445 g/mol. The molecular weight excluding hydrogens is 417 g/mol. The number of hydrogen-bond acceptors (Lipinski definition) is 8. The van der Waals surface area contributed by atoms with Gasteiger partial charge in [0.2, 0.25) is 5.95 Å². The normalized spacial score (nSPS) is 22.1. The van der Waals surface area contributed by atoms with E-state index in [9.17, 15) is 4.57 Å². The average molecular weight is 446 g/mol. The number of aromatic nitrogens is 4. The molecule has 1 aliphatic rings. The summed E-state index contributed by atoms with van der Waals surface area (Å²) in [7, 11) is -3.39. The van der Waals surface area contributed by atoms with Crippen LogP contribution in [-0.4, -0.2) is 43.7 Å². The minimum absolute atomic E-state index is 0.0854. The highest BCUT2D eigenvalue weighted by Gasteiger charge is 2.56. The highest BCUT2D eigenvalue weighted by molar-refractivity contribution is 7.53. The zero-order valence-corrected chi connectivity index (χ0v) is 19.1. The summed E-state index contributed by atoms with van der Waals surface area (Å²) in [6.45, 7) is 9.88. The van der Waals surface area contributed by atoms with Crippen molar-refractivity contribution in [3.8, 4) is 0 Å². The Labute approximate surface area is 175 Å². The Morgan fingerprint density at radius 2 is 1.97 bits per heavy atom. The van der Waals surface area contributed by atoms with Crippen molar-refractivity contribution in [2.24, 2.45) is 5.92 Å². The second-order valence-corrected chi connectivity index (χ2v) is 10.2. The number of ether oxygens (including phenoxy) is 1. The van der Waals surface area contributed by atoms with Crippen molar-refractivity contribution in [2.45, 2.75) is 71.8 Å².